The molecular formula is C15H20N2O3S. The summed E-state index contributed by atoms with van der Waals surface area (Å²) < 4.78 is 0. The lowest BCUT2D eigenvalue weighted by Crippen LogP contribution is -2.27. The van der Waals surface area contributed by atoms with Gasteiger partial charge in [0.25, 0.3) is 5.24 Å². The summed E-state index contributed by atoms with van der Waals surface area (Å²) in [6, 6.07) is 7.63. The molecule has 1 fully saturated rings. The second-order valence-electron chi connectivity index (χ2n) is 4.93. The standard InChI is InChI=1S/C15H20N2O3S/c18-9-2-4-12-3-1-5-13(11-12)16-14(19)6-7-17-8-10-21-15(17)20/h1,3,5,11,18H,2,4,6-10H2,(H,16,19). The highest BCUT2D eigenvalue weighted by molar-refractivity contribution is 8.13. The summed E-state index contributed by atoms with van der Waals surface area (Å²) in [5, 5.41) is 11.7. The average molecular weight is 308 g/mol. The van der Waals surface area contributed by atoms with Gasteiger partial charge in [0.05, 0.1) is 0 Å². The van der Waals surface area contributed by atoms with Crippen LogP contribution in [0.3, 0.4) is 0 Å². The number of rotatable bonds is 7. The fourth-order valence-corrected chi connectivity index (χ4v) is 3.03. The quantitative estimate of drug-likeness (QED) is 0.809. The second kappa shape index (κ2) is 8.05. The molecule has 2 rings (SSSR count). The predicted octanol–water partition coefficient (Wildman–Crippen LogP) is 2.11. The van der Waals surface area contributed by atoms with Gasteiger partial charge in [-0.2, -0.15) is 0 Å². The Morgan fingerprint density at radius 2 is 2.29 bits per heavy atom. The van der Waals surface area contributed by atoms with Crippen molar-refractivity contribution in [1.29, 1.82) is 0 Å². The molecule has 0 radical (unpaired) electrons. The number of hydrogen-bond donors (Lipinski definition) is 2. The van der Waals surface area contributed by atoms with Gasteiger partial charge < -0.3 is 15.3 Å². The van der Waals surface area contributed by atoms with E-state index in [0.29, 0.717) is 19.4 Å². The number of aliphatic hydroxyl groups excluding tert-OH is 1. The van der Waals surface area contributed by atoms with Crippen molar-refractivity contribution in [3.05, 3.63) is 29.8 Å². The van der Waals surface area contributed by atoms with Crippen LogP contribution in [0.15, 0.2) is 24.3 Å². The molecule has 5 nitrogen and oxygen atoms in total. The first-order chi connectivity index (χ1) is 10.2. The molecule has 0 bridgehead atoms. The zero-order chi connectivity index (χ0) is 15.1. The van der Waals surface area contributed by atoms with Gasteiger partial charge in [-0.3, -0.25) is 9.59 Å². The normalized spacial score (nSPS) is 14.5. The minimum Gasteiger partial charge on any atom is -0.396 e. The van der Waals surface area contributed by atoms with Crippen molar-refractivity contribution < 1.29 is 14.7 Å². The van der Waals surface area contributed by atoms with Crippen LogP contribution in [0.4, 0.5) is 10.5 Å². The molecule has 0 aromatic heterocycles. The molecule has 0 atom stereocenters. The van der Waals surface area contributed by atoms with Crippen molar-refractivity contribution >= 4 is 28.6 Å². The third kappa shape index (κ3) is 5.06. The van der Waals surface area contributed by atoms with Crippen LogP contribution in [-0.4, -0.2) is 46.6 Å². The maximum absolute atomic E-state index is 11.9. The van der Waals surface area contributed by atoms with Crippen LogP contribution < -0.4 is 5.32 Å². The zero-order valence-electron chi connectivity index (χ0n) is 11.9. The first-order valence-corrected chi connectivity index (χ1v) is 8.09. The maximum Gasteiger partial charge on any atom is 0.281 e. The number of nitrogens with one attached hydrogen (secondary N) is 1. The van der Waals surface area contributed by atoms with E-state index in [-0.39, 0.29) is 17.8 Å². The van der Waals surface area contributed by atoms with Gasteiger partial charge in [-0.25, -0.2) is 0 Å². The van der Waals surface area contributed by atoms with E-state index in [4.69, 9.17) is 5.11 Å². The third-order valence-electron chi connectivity index (χ3n) is 3.29. The smallest absolute Gasteiger partial charge is 0.281 e. The van der Waals surface area contributed by atoms with E-state index < -0.39 is 0 Å². The number of aliphatic hydroxyl groups is 1. The summed E-state index contributed by atoms with van der Waals surface area (Å²) in [5.41, 5.74) is 1.85. The van der Waals surface area contributed by atoms with E-state index in [9.17, 15) is 9.59 Å². The molecule has 1 aliphatic rings. The number of amides is 2. The van der Waals surface area contributed by atoms with Crippen LogP contribution in [0, 0.1) is 0 Å². The van der Waals surface area contributed by atoms with Gasteiger partial charge in [0.15, 0.2) is 0 Å². The van der Waals surface area contributed by atoms with Gasteiger partial charge in [0, 0.05) is 37.6 Å². The van der Waals surface area contributed by atoms with Crippen molar-refractivity contribution in [2.45, 2.75) is 19.3 Å². The van der Waals surface area contributed by atoms with Crippen LogP contribution in [0.25, 0.3) is 0 Å². The number of thioether (sulfide) groups is 1. The van der Waals surface area contributed by atoms with Crippen LogP contribution in [-0.2, 0) is 11.2 Å². The van der Waals surface area contributed by atoms with Gasteiger partial charge in [0.1, 0.15) is 0 Å². The Bertz CT molecular complexity index is 507. The molecule has 6 heteroatoms. The van der Waals surface area contributed by atoms with Crippen molar-refractivity contribution in [3.8, 4) is 0 Å². The molecule has 21 heavy (non-hydrogen) atoms. The molecular weight excluding hydrogens is 288 g/mol. The number of hydrogen-bond acceptors (Lipinski definition) is 4. The van der Waals surface area contributed by atoms with Crippen molar-refractivity contribution in [3.63, 3.8) is 0 Å². The molecule has 1 heterocycles. The van der Waals surface area contributed by atoms with Crippen LogP contribution in [0.5, 0.6) is 0 Å². The topological polar surface area (TPSA) is 69.6 Å². The Morgan fingerprint density at radius 1 is 1.43 bits per heavy atom. The van der Waals surface area contributed by atoms with E-state index in [0.717, 1.165) is 30.0 Å². The maximum atomic E-state index is 11.9. The van der Waals surface area contributed by atoms with E-state index in [2.05, 4.69) is 5.32 Å². The third-order valence-corrected chi connectivity index (χ3v) is 4.18. The summed E-state index contributed by atoms with van der Waals surface area (Å²) in [7, 11) is 0. The Labute approximate surface area is 128 Å². The van der Waals surface area contributed by atoms with Crippen molar-refractivity contribution in [2.75, 3.05) is 30.8 Å². The summed E-state index contributed by atoms with van der Waals surface area (Å²) in [5.74, 6) is 0.729. The average Bonchev–Trinajstić information content (AvgIpc) is 2.89. The molecule has 2 amide bonds. The molecule has 2 N–H and O–H groups in total. The van der Waals surface area contributed by atoms with Crippen LogP contribution in [0.1, 0.15) is 18.4 Å². The van der Waals surface area contributed by atoms with Gasteiger partial charge >= 0.3 is 0 Å². The number of benzene rings is 1. The molecule has 1 saturated heterocycles. The van der Waals surface area contributed by atoms with Crippen molar-refractivity contribution in [2.24, 2.45) is 0 Å². The largest absolute Gasteiger partial charge is 0.396 e. The summed E-state index contributed by atoms with van der Waals surface area (Å²) in [4.78, 5) is 25.0. The fourth-order valence-electron chi connectivity index (χ4n) is 2.18. The molecule has 0 unspecified atom stereocenters. The number of aryl methyl sites for hydroxylation is 1. The van der Waals surface area contributed by atoms with Crippen LogP contribution >= 0.6 is 11.8 Å². The number of anilines is 1. The molecule has 114 valence electrons. The SMILES string of the molecule is O=C(CCN1CCSC1=O)Nc1cccc(CCCO)c1. The summed E-state index contributed by atoms with van der Waals surface area (Å²) in [6.07, 6.45) is 1.82. The van der Waals surface area contributed by atoms with Crippen molar-refractivity contribution in [1.82, 2.24) is 4.90 Å². The first kappa shape index (κ1) is 15.9. The second-order valence-corrected chi connectivity index (χ2v) is 5.97. The van der Waals surface area contributed by atoms with E-state index in [1.807, 2.05) is 24.3 Å². The van der Waals surface area contributed by atoms with Gasteiger partial charge in [-0.05, 0) is 30.5 Å². The fraction of sp³-hybridized carbons (Fsp3) is 0.467. The predicted molar refractivity (Wildman–Crippen MR) is 84.5 cm³/mol. The Hall–Kier alpha value is -1.53. The van der Waals surface area contributed by atoms with E-state index in [1.54, 1.807) is 4.90 Å². The van der Waals surface area contributed by atoms with Gasteiger partial charge in [-0.1, -0.05) is 23.9 Å². The minimum absolute atomic E-state index is 0.0637. The lowest BCUT2D eigenvalue weighted by atomic mass is 10.1. The highest BCUT2D eigenvalue weighted by atomic mass is 32.2. The van der Waals surface area contributed by atoms with E-state index in [1.165, 1.54) is 11.8 Å². The van der Waals surface area contributed by atoms with Crippen LogP contribution in [0.2, 0.25) is 0 Å². The molecule has 0 aliphatic carbocycles. The minimum atomic E-state index is -0.0843. The highest BCUT2D eigenvalue weighted by Gasteiger charge is 2.21. The monoisotopic (exact) mass is 308 g/mol. The Balaban J connectivity index is 1.80. The summed E-state index contributed by atoms with van der Waals surface area (Å²) >= 11 is 1.31. The summed E-state index contributed by atoms with van der Waals surface area (Å²) in [6.45, 7) is 1.37. The molecule has 1 aromatic rings. The Morgan fingerprint density at radius 3 is 3.00 bits per heavy atom. The molecule has 0 spiro atoms. The number of carbonyl (C=O) groups is 2. The lowest BCUT2D eigenvalue weighted by Gasteiger charge is -2.14. The van der Waals surface area contributed by atoms with Gasteiger partial charge in [-0.15, -0.1) is 0 Å². The molecule has 1 aromatic carbocycles. The lowest BCUT2D eigenvalue weighted by molar-refractivity contribution is -0.116. The van der Waals surface area contributed by atoms with E-state index >= 15 is 0 Å². The molecule has 0 saturated carbocycles. The van der Waals surface area contributed by atoms with Gasteiger partial charge in [0.2, 0.25) is 5.91 Å². The number of nitrogens with zero attached hydrogens (tertiary/aromatic N) is 1. The highest BCUT2D eigenvalue weighted by Crippen LogP contribution is 2.17. The number of carbonyl (C=O) groups excluding carboxylic acids is 2. The zero-order valence-corrected chi connectivity index (χ0v) is 12.7. The first-order valence-electron chi connectivity index (χ1n) is 7.10. The molecule has 1 aliphatic heterocycles. The Kier molecular flexibility index (Phi) is 6.07.